The first-order valence-corrected chi connectivity index (χ1v) is 6.31. The lowest BCUT2D eigenvalue weighted by Crippen LogP contribution is -2.28. The molecule has 0 rings (SSSR count). The Bertz CT molecular complexity index is 59.9. The van der Waals surface area contributed by atoms with Crippen LogP contribution in [0.4, 0.5) is 0 Å². The van der Waals surface area contributed by atoms with Gasteiger partial charge in [0.1, 0.15) is 0 Å². The summed E-state index contributed by atoms with van der Waals surface area (Å²) in [5.74, 6) is 0. The van der Waals surface area contributed by atoms with Crippen molar-refractivity contribution < 1.29 is 4.43 Å². The summed E-state index contributed by atoms with van der Waals surface area (Å²) in [6.45, 7) is 7.83. The standard InChI is InChI=1S/C5H15NOSi/c1-8(2,3)7-5-4-6/h4-6H2,1-3H3. The van der Waals surface area contributed by atoms with E-state index in [9.17, 15) is 0 Å². The van der Waals surface area contributed by atoms with Gasteiger partial charge >= 0.3 is 0 Å². The molecule has 0 radical (unpaired) electrons. The Morgan fingerprint density at radius 2 is 1.88 bits per heavy atom. The zero-order valence-electron chi connectivity index (χ0n) is 5.90. The summed E-state index contributed by atoms with van der Waals surface area (Å²) in [4.78, 5) is 0. The van der Waals surface area contributed by atoms with Crippen molar-refractivity contribution in [2.45, 2.75) is 19.6 Å². The molecule has 0 saturated heterocycles. The molecule has 0 amide bonds. The molecular weight excluding hydrogens is 118 g/mol. The second-order valence-corrected chi connectivity index (χ2v) is 7.26. The third-order valence-corrected chi connectivity index (χ3v) is 1.72. The third-order valence-electron chi connectivity index (χ3n) is 0.653. The molecule has 0 aliphatic carbocycles. The van der Waals surface area contributed by atoms with E-state index >= 15 is 0 Å². The molecule has 3 heteroatoms. The summed E-state index contributed by atoms with van der Waals surface area (Å²) in [7, 11) is -1.26. The Balaban J connectivity index is 3.11. The predicted octanol–water partition coefficient (Wildman–Crippen LogP) is 0.797. The molecular formula is C5H15NOSi. The SMILES string of the molecule is C[Si](C)(C)OCCN. The van der Waals surface area contributed by atoms with Crippen LogP contribution < -0.4 is 5.73 Å². The molecule has 0 aliphatic heterocycles. The maximum Gasteiger partial charge on any atom is 0.183 e. The lowest BCUT2D eigenvalue weighted by Gasteiger charge is -2.15. The van der Waals surface area contributed by atoms with Crippen molar-refractivity contribution in [2.24, 2.45) is 5.73 Å². The van der Waals surface area contributed by atoms with Gasteiger partial charge in [0.15, 0.2) is 8.32 Å². The van der Waals surface area contributed by atoms with Gasteiger partial charge in [-0.2, -0.15) is 0 Å². The van der Waals surface area contributed by atoms with Crippen LogP contribution in [-0.2, 0) is 4.43 Å². The number of nitrogens with two attached hydrogens (primary N) is 1. The largest absolute Gasteiger partial charge is 0.416 e. The number of hydrogen-bond acceptors (Lipinski definition) is 2. The van der Waals surface area contributed by atoms with Gasteiger partial charge in [0.25, 0.3) is 0 Å². The molecule has 0 atom stereocenters. The monoisotopic (exact) mass is 133 g/mol. The molecule has 0 aliphatic rings. The van der Waals surface area contributed by atoms with Crippen LogP contribution in [0.15, 0.2) is 0 Å². The van der Waals surface area contributed by atoms with Gasteiger partial charge in [-0.1, -0.05) is 0 Å². The third kappa shape index (κ3) is 6.14. The van der Waals surface area contributed by atoms with Crippen LogP contribution in [0.1, 0.15) is 0 Å². The Hall–Kier alpha value is 0.137. The van der Waals surface area contributed by atoms with Crippen LogP contribution in [0.2, 0.25) is 19.6 Å². The molecule has 0 aromatic carbocycles. The Morgan fingerprint density at radius 1 is 1.38 bits per heavy atom. The van der Waals surface area contributed by atoms with Crippen LogP contribution in [0.25, 0.3) is 0 Å². The summed E-state index contributed by atoms with van der Waals surface area (Å²) >= 11 is 0. The van der Waals surface area contributed by atoms with Crippen LogP contribution in [-0.4, -0.2) is 21.5 Å². The van der Waals surface area contributed by atoms with E-state index in [2.05, 4.69) is 19.6 Å². The second-order valence-electron chi connectivity index (χ2n) is 2.75. The molecule has 0 fully saturated rings. The second kappa shape index (κ2) is 3.22. The first-order chi connectivity index (χ1) is 3.56. The summed E-state index contributed by atoms with van der Waals surface area (Å²) in [6.07, 6.45) is 0. The quantitative estimate of drug-likeness (QED) is 0.578. The summed E-state index contributed by atoms with van der Waals surface area (Å²) in [6, 6.07) is 0. The van der Waals surface area contributed by atoms with E-state index in [-0.39, 0.29) is 0 Å². The van der Waals surface area contributed by atoms with E-state index in [4.69, 9.17) is 10.2 Å². The van der Waals surface area contributed by atoms with Gasteiger partial charge in [-0.3, -0.25) is 0 Å². The minimum absolute atomic E-state index is 0.643. The first-order valence-electron chi connectivity index (χ1n) is 2.90. The van der Waals surface area contributed by atoms with Crippen molar-refractivity contribution in [3.63, 3.8) is 0 Å². The highest BCUT2D eigenvalue weighted by Gasteiger charge is 2.12. The van der Waals surface area contributed by atoms with Crippen LogP contribution in [0.5, 0.6) is 0 Å². The maximum absolute atomic E-state index is 5.39. The predicted molar refractivity (Wildman–Crippen MR) is 38.4 cm³/mol. The lowest BCUT2D eigenvalue weighted by atomic mass is 10.8. The zero-order valence-corrected chi connectivity index (χ0v) is 6.90. The molecule has 0 bridgehead atoms. The van der Waals surface area contributed by atoms with Gasteiger partial charge < -0.3 is 10.2 Å². The Kier molecular flexibility index (Phi) is 3.27. The average Bonchev–Trinajstić information content (AvgIpc) is 1.59. The average molecular weight is 133 g/mol. The molecule has 0 unspecified atom stereocenters. The molecule has 2 nitrogen and oxygen atoms in total. The molecule has 2 N–H and O–H groups in total. The fourth-order valence-corrected chi connectivity index (χ4v) is 1.10. The van der Waals surface area contributed by atoms with E-state index in [1.165, 1.54) is 0 Å². The molecule has 8 heavy (non-hydrogen) atoms. The highest BCUT2D eigenvalue weighted by atomic mass is 28.4. The number of hydrogen-bond donors (Lipinski definition) is 1. The molecule has 0 saturated carbocycles. The number of rotatable bonds is 3. The highest BCUT2D eigenvalue weighted by molar-refractivity contribution is 6.69. The highest BCUT2D eigenvalue weighted by Crippen LogP contribution is 2.00. The van der Waals surface area contributed by atoms with E-state index in [0.29, 0.717) is 6.54 Å². The van der Waals surface area contributed by atoms with E-state index in [0.717, 1.165) is 6.61 Å². The smallest absolute Gasteiger partial charge is 0.183 e. The van der Waals surface area contributed by atoms with Crippen molar-refractivity contribution in [2.75, 3.05) is 13.2 Å². The lowest BCUT2D eigenvalue weighted by molar-refractivity contribution is 0.322. The molecule has 50 valence electrons. The van der Waals surface area contributed by atoms with Gasteiger partial charge in [0.2, 0.25) is 0 Å². The normalized spacial score (nSPS) is 12.0. The zero-order chi connectivity index (χ0) is 6.62. The Labute approximate surface area is 52.2 Å². The van der Waals surface area contributed by atoms with E-state index < -0.39 is 8.32 Å². The molecule has 0 spiro atoms. The van der Waals surface area contributed by atoms with Gasteiger partial charge in [-0.15, -0.1) is 0 Å². The van der Waals surface area contributed by atoms with Crippen LogP contribution >= 0.6 is 0 Å². The Morgan fingerprint density at radius 3 is 2.00 bits per heavy atom. The maximum atomic E-state index is 5.39. The van der Waals surface area contributed by atoms with Crippen molar-refractivity contribution in [3.8, 4) is 0 Å². The molecule has 0 aromatic heterocycles. The summed E-state index contributed by atoms with van der Waals surface area (Å²) in [5, 5.41) is 0. The summed E-state index contributed by atoms with van der Waals surface area (Å²) in [5.41, 5.74) is 5.23. The fourth-order valence-electron chi connectivity index (χ4n) is 0.365. The van der Waals surface area contributed by atoms with Gasteiger partial charge in [-0.25, -0.2) is 0 Å². The minimum atomic E-state index is -1.26. The van der Waals surface area contributed by atoms with E-state index in [1.54, 1.807) is 0 Å². The molecule has 0 heterocycles. The van der Waals surface area contributed by atoms with Gasteiger partial charge in [-0.05, 0) is 19.6 Å². The fraction of sp³-hybridized carbons (Fsp3) is 1.00. The first kappa shape index (κ1) is 8.14. The van der Waals surface area contributed by atoms with Crippen molar-refractivity contribution in [3.05, 3.63) is 0 Å². The summed E-state index contributed by atoms with van der Waals surface area (Å²) < 4.78 is 5.39. The van der Waals surface area contributed by atoms with E-state index in [1.807, 2.05) is 0 Å². The van der Waals surface area contributed by atoms with Crippen molar-refractivity contribution in [1.82, 2.24) is 0 Å². The van der Waals surface area contributed by atoms with Crippen LogP contribution in [0, 0.1) is 0 Å². The van der Waals surface area contributed by atoms with Crippen molar-refractivity contribution in [1.29, 1.82) is 0 Å². The van der Waals surface area contributed by atoms with Crippen molar-refractivity contribution >= 4 is 8.32 Å². The van der Waals surface area contributed by atoms with Gasteiger partial charge in [0, 0.05) is 13.2 Å². The topological polar surface area (TPSA) is 35.2 Å². The van der Waals surface area contributed by atoms with Crippen LogP contribution in [0.3, 0.4) is 0 Å². The minimum Gasteiger partial charge on any atom is -0.416 e. The van der Waals surface area contributed by atoms with Gasteiger partial charge in [0.05, 0.1) is 0 Å². The molecule has 0 aromatic rings.